The number of aliphatic imine (C=N–C) groups is 1. The fourth-order valence-corrected chi connectivity index (χ4v) is 4.26. The predicted octanol–water partition coefficient (Wildman–Crippen LogP) is 4.42. The van der Waals surface area contributed by atoms with Gasteiger partial charge in [-0.15, -0.1) is 0 Å². The molecule has 0 bridgehead atoms. The standard InChI is InChI=1S/C23H22N2O2S/c1-28(26,27)21-14-12-18(13-15-21)16-25-17-24-22(19-8-4-2-5-9-19)23(25)20-10-6-3-7-11-20/h2-15,17,22-23H,16H2,1H3/t22-,23+/m0/s1. The lowest BCUT2D eigenvalue weighted by atomic mass is 9.93. The third-order valence-electron chi connectivity index (χ3n) is 5.03. The Morgan fingerprint density at radius 3 is 1.96 bits per heavy atom. The van der Waals surface area contributed by atoms with Crippen LogP contribution >= 0.6 is 0 Å². The summed E-state index contributed by atoms with van der Waals surface area (Å²) in [6.07, 6.45) is 3.14. The molecule has 3 aromatic carbocycles. The van der Waals surface area contributed by atoms with Gasteiger partial charge in [0.1, 0.15) is 6.04 Å². The number of benzene rings is 3. The van der Waals surface area contributed by atoms with E-state index < -0.39 is 9.84 Å². The molecule has 4 nitrogen and oxygen atoms in total. The number of nitrogens with zero attached hydrogens (tertiary/aromatic N) is 2. The molecule has 0 aliphatic carbocycles. The number of hydrogen-bond donors (Lipinski definition) is 0. The summed E-state index contributed by atoms with van der Waals surface area (Å²) in [6, 6.07) is 27.9. The first kappa shape index (κ1) is 18.4. The van der Waals surface area contributed by atoms with Crippen molar-refractivity contribution in [3.63, 3.8) is 0 Å². The topological polar surface area (TPSA) is 49.7 Å². The maximum Gasteiger partial charge on any atom is 0.175 e. The zero-order chi connectivity index (χ0) is 19.6. The van der Waals surface area contributed by atoms with E-state index in [0.717, 1.165) is 5.56 Å². The van der Waals surface area contributed by atoms with Crippen LogP contribution in [0.25, 0.3) is 0 Å². The van der Waals surface area contributed by atoms with Gasteiger partial charge in [0.05, 0.1) is 17.3 Å². The average Bonchev–Trinajstić information content (AvgIpc) is 3.12. The highest BCUT2D eigenvalue weighted by Crippen LogP contribution is 2.40. The van der Waals surface area contributed by atoms with Gasteiger partial charge in [0.15, 0.2) is 9.84 Å². The molecule has 0 aromatic heterocycles. The fourth-order valence-electron chi connectivity index (χ4n) is 3.63. The smallest absolute Gasteiger partial charge is 0.175 e. The van der Waals surface area contributed by atoms with E-state index in [1.807, 2.05) is 42.7 Å². The van der Waals surface area contributed by atoms with E-state index in [1.54, 1.807) is 12.1 Å². The van der Waals surface area contributed by atoms with Crippen LogP contribution in [0, 0.1) is 0 Å². The molecule has 142 valence electrons. The number of sulfone groups is 1. The van der Waals surface area contributed by atoms with Crippen LogP contribution in [0.2, 0.25) is 0 Å². The normalized spacial score (nSPS) is 19.1. The van der Waals surface area contributed by atoms with Crippen LogP contribution in [0.4, 0.5) is 0 Å². The summed E-state index contributed by atoms with van der Waals surface area (Å²) in [6.45, 7) is 0.663. The Morgan fingerprint density at radius 1 is 0.821 bits per heavy atom. The van der Waals surface area contributed by atoms with Gasteiger partial charge in [-0.25, -0.2) is 8.42 Å². The minimum absolute atomic E-state index is 0.0268. The van der Waals surface area contributed by atoms with E-state index in [2.05, 4.69) is 41.3 Å². The second-order valence-electron chi connectivity index (χ2n) is 7.06. The quantitative estimate of drug-likeness (QED) is 0.648. The summed E-state index contributed by atoms with van der Waals surface area (Å²) >= 11 is 0. The summed E-state index contributed by atoms with van der Waals surface area (Å²) in [5.41, 5.74) is 3.44. The van der Waals surface area contributed by atoms with Gasteiger partial charge < -0.3 is 4.90 Å². The summed E-state index contributed by atoms with van der Waals surface area (Å²) in [4.78, 5) is 7.37. The Bertz CT molecular complexity index is 1060. The Balaban J connectivity index is 1.63. The summed E-state index contributed by atoms with van der Waals surface area (Å²) in [5, 5.41) is 0. The Hall–Kier alpha value is -2.92. The second kappa shape index (κ2) is 7.60. The van der Waals surface area contributed by atoms with Crippen LogP contribution in [0.3, 0.4) is 0 Å². The Morgan fingerprint density at radius 2 is 1.39 bits per heavy atom. The van der Waals surface area contributed by atoms with Gasteiger partial charge in [0.2, 0.25) is 0 Å². The van der Waals surface area contributed by atoms with E-state index in [-0.39, 0.29) is 12.1 Å². The van der Waals surface area contributed by atoms with E-state index in [1.165, 1.54) is 17.4 Å². The minimum Gasteiger partial charge on any atom is -0.349 e. The van der Waals surface area contributed by atoms with Crippen molar-refractivity contribution >= 4 is 16.2 Å². The molecule has 1 heterocycles. The van der Waals surface area contributed by atoms with Crippen LogP contribution in [0.1, 0.15) is 28.8 Å². The van der Waals surface area contributed by atoms with Gasteiger partial charge in [0.25, 0.3) is 0 Å². The van der Waals surface area contributed by atoms with Crippen molar-refractivity contribution in [1.82, 2.24) is 4.90 Å². The summed E-state index contributed by atoms with van der Waals surface area (Å²) in [5.74, 6) is 0. The van der Waals surface area contributed by atoms with Crippen LogP contribution in [-0.2, 0) is 16.4 Å². The van der Waals surface area contributed by atoms with Gasteiger partial charge in [-0.1, -0.05) is 72.8 Å². The fraction of sp³-hybridized carbons (Fsp3) is 0.174. The molecule has 1 aliphatic rings. The molecule has 0 fully saturated rings. The molecule has 0 N–H and O–H groups in total. The maximum absolute atomic E-state index is 11.7. The van der Waals surface area contributed by atoms with Crippen LogP contribution < -0.4 is 0 Å². The van der Waals surface area contributed by atoms with E-state index >= 15 is 0 Å². The molecule has 4 rings (SSSR count). The van der Waals surface area contributed by atoms with Crippen LogP contribution in [-0.4, -0.2) is 25.9 Å². The van der Waals surface area contributed by atoms with Crippen molar-refractivity contribution in [3.8, 4) is 0 Å². The molecular weight excluding hydrogens is 368 g/mol. The zero-order valence-corrected chi connectivity index (χ0v) is 16.5. The molecule has 0 saturated carbocycles. The lowest BCUT2D eigenvalue weighted by Gasteiger charge is -2.29. The highest BCUT2D eigenvalue weighted by Gasteiger charge is 2.33. The van der Waals surface area contributed by atoms with Crippen molar-refractivity contribution in [3.05, 3.63) is 102 Å². The van der Waals surface area contributed by atoms with E-state index in [0.29, 0.717) is 11.4 Å². The molecule has 0 radical (unpaired) electrons. The molecule has 28 heavy (non-hydrogen) atoms. The first-order valence-corrected chi connectivity index (χ1v) is 11.1. The largest absolute Gasteiger partial charge is 0.349 e. The van der Waals surface area contributed by atoms with Gasteiger partial charge in [-0.05, 0) is 28.8 Å². The predicted molar refractivity (Wildman–Crippen MR) is 112 cm³/mol. The first-order valence-electron chi connectivity index (χ1n) is 9.20. The van der Waals surface area contributed by atoms with Crippen molar-refractivity contribution in [2.45, 2.75) is 23.5 Å². The SMILES string of the molecule is CS(=O)(=O)c1ccc(CN2C=N[C@@H](c3ccccc3)[C@H]2c2ccccc2)cc1. The van der Waals surface area contributed by atoms with Gasteiger partial charge in [0, 0.05) is 12.8 Å². The molecule has 0 saturated heterocycles. The molecule has 0 amide bonds. The van der Waals surface area contributed by atoms with Crippen LogP contribution in [0.5, 0.6) is 0 Å². The molecule has 1 aliphatic heterocycles. The monoisotopic (exact) mass is 390 g/mol. The molecule has 3 aromatic rings. The molecule has 2 atom stereocenters. The highest BCUT2D eigenvalue weighted by molar-refractivity contribution is 7.90. The molecule has 5 heteroatoms. The average molecular weight is 391 g/mol. The van der Waals surface area contributed by atoms with Crippen molar-refractivity contribution < 1.29 is 8.42 Å². The number of rotatable bonds is 5. The van der Waals surface area contributed by atoms with Crippen LogP contribution in [0.15, 0.2) is 94.8 Å². The zero-order valence-electron chi connectivity index (χ0n) is 15.6. The molecule has 0 spiro atoms. The molecular formula is C23H22N2O2S. The Kier molecular flexibility index (Phi) is 5.01. The summed E-state index contributed by atoms with van der Waals surface area (Å²) < 4.78 is 23.4. The summed E-state index contributed by atoms with van der Waals surface area (Å²) in [7, 11) is -3.19. The van der Waals surface area contributed by atoms with Crippen molar-refractivity contribution in [2.24, 2.45) is 4.99 Å². The van der Waals surface area contributed by atoms with E-state index in [4.69, 9.17) is 4.99 Å². The third-order valence-corrected chi connectivity index (χ3v) is 6.16. The van der Waals surface area contributed by atoms with Gasteiger partial charge in [-0.2, -0.15) is 0 Å². The van der Waals surface area contributed by atoms with Crippen molar-refractivity contribution in [1.29, 1.82) is 0 Å². The second-order valence-corrected chi connectivity index (χ2v) is 9.08. The maximum atomic E-state index is 11.7. The van der Waals surface area contributed by atoms with Gasteiger partial charge in [-0.3, -0.25) is 4.99 Å². The minimum atomic E-state index is -3.19. The highest BCUT2D eigenvalue weighted by atomic mass is 32.2. The van der Waals surface area contributed by atoms with E-state index in [9.17, 15) is 8.42 Å². The Labute approximate surface area is 166 Å². The first-order chi connectivity index (χ1) is 13.5. The van der Waals surface area contributed by atoms with Gasteiger partial charge >= 0.3 is 0 Å². The molecule has 0 unspecified atom stereocenters. The lowest BCUT2D eigenvalue weighted by Crippen LogP contribution is -2.25. The lowest BCUT2D eigenvalue weighted by molar-refractivity contribution is 0.310. The number of hydrogen-bond acceptors (Lipinski definition) is 4. The third kappa shape index (κ3) is 3.85. The van der Waals surface area contributed by atoms with Crippen molar-refractivity contribution in [2.75, 3.05) is 6.26 Å².